The third kappa shape index (κ3) is 1.79. The molecule has 120 valence electrons. The zero-order valence-corrected chi connectivity index (χ0v) is 14.0. The SMILES string of the molecule is CCC1(O)CCC2C3CCC4=CC(=O)CCC4=C3CCC21C. The quantitative estimate of drug-likeness (QED) is 0.782. The van der Waals surface area contributed by atoms with E-state index >= 15 is 0 Å². The van der Waals surface area contributed by atoms with Gasteiger partial charge in [-0.15, -0.1) is 0 Å². The molecule has 2 saturated carbocycles. The van der Waals surface area contributed by atoms with Crippen molar-refractivity contribution in [2.24, 2.45) is 17.3 Å². The molecule has 2 nitrogen and oxygen atoms in total. The van der Waals surface area contributed by atoms with E-state index < -0.39 is 5.60 Å². The minimum atomic E-state index is -0.452. The van der Waals surface area contributed by atoms with Crippen LogP contribution in [-0.4, -0.2) is 16.5 Å². The molecular weight excluding hydrogens is 272 g/mol. The van der Waals surface area contributed by atoms with Gasteiger partial charge in [-0.25, -0.2) is 0 Å². The van der Waals surface area contributed by atoms with Crippen molar-refractivity contribution >= 4 is 5.78 Å². The molecule has 0 spiro atoms. The molecule has 1 N–H and O–H groups in total. The van der Waals surface area contributed by atoms with E-state index in [9.17, 15) is 9.90 Å². The first-order valence-electron chi connectivity index (χ1n) is 9.16. The fourth-order valence-electron chi connectivity index (χ4n) is 6.22. The Labute approximate surface area is 133 Å². The van der Waals surface area contributed by atoms with Crippen molar-refractivity contribution < 1.29 is 9.90 Å². The Hall–Kier alpha value is -0.890. The molecule has 0 aromatic heterocycles. The molecule has 0 aromatic carbocycles. The number of carbonyl (C=O) groups is 1. The van der Waals surface area contributed by atoms with Gasteiger partial charge >= 0.3 is 0 Å². The van der Waals surface area contributed by atoms with Gasteiger partial charge < -0.3 is 5.11 Å². The monoisotopic (exact) mass is 300 g/mol. The smallest absolute Gasteiger partial charge is 0.156 e. The molecule has 4 rings (SSSR count). The summed E-state index contributed by atoms with van der Waals surface area (Å²) < 4.78 is 0. The molecule has 0 radical (unpaired) electrons. The van der Waals surface area contributed by atoms with Gasteiger partial charge in [0.15, 0.2) is 5.78 Å². The maximum atomic E-state index is 11.7. The Kier molecular flexibility index (Phi) is 3.21. The van der Waals surface area contributed by atoms with Crippen LogP contribution in [0.2, 0.25) is 0 Å². The second kappa shape index (κ2) is 4.80. The summed E-state index contributed by atoms with van der Waals surface area (Å²) in [5.41, 5.74) is 4.18. The number of aliphatic hydroxyl groups is 1. The predicted molar refractivity (Wildman–Crippen MR) is 87.4 cm³/mol. The van der Waals surface area contributed by atoms with E-state index in [0.717, 1.165) is 38.5 Å². The highest BCUT2D eigenvalue weighted by Gasteiger charge is 2.59. The minimum absolute atomic E-state index is 0.0994. The lowest BCUT2D eigenvalue weighted by Gasteiger charge is -2.51. The highest BCUT2D eigenvalue weighted by atomic mass is 16.3. The molecular formula is C20H28O2. The summed E-state index contributed by atoms with van der Waals surface area (Å²) in [5, 5.41) is 11.1. The summed E-state index contributed by atoms with van der Waals surface area (Å²) in [6.07, 6.45) is 11.2. The minimum Gasteiger partial charge on any atom is -0.389 e. The lowest BCUT2D eigenvalue weighted by molar-refractivity contribution is -0.114. The van der Waals surface area contributed by atoms with Gasteiger partial charge in [-0.1, -0.05) is 19.4 Å². The van der Waals surface area contributed by atoms with Crippen LogP contribution < -0.4 is 0 Å². The molecule has 4 unspecified atom stereocenters. The van der Waals surface area contributed by atoms with Gasteiger partial charge in [0.2, 0.25) is 0 Å². The molecule has 0 heterocycles. The van der Waals surface area contributed by atoms with E-state index in [2.05, 4.69) is 13.8 Å². The summed E-state index contributed by atoms with van der Waals surface area (Å²) in [7, 11) is 0. The number of hydrogen-bond donors (Lipinski definition) is 1. The number of ketones is 1. The molecule has 4 atom stereocenters. The van der Waals surface area contributed by atoms with Crippen LogP contribution >= 0.6 is 0 Å². The molecule has 0 aliphatic heterocycles. The first kappa shape index (κ1) is 14.7. The van der Waals surface area contributed by atoms with Crippen molar-refractivity contribution in [1.82, 2.24) is 0 Å². The molecule has 0 saturated heterocycles. The largest absolute Gasteiger partial charge is 0.389 e. The van der Waals surface area contributed by atoms with Crippen molar-refractivity contribution in [3.05, 3.63) is 22.8 Å². The maximum Gasteiger partial charge on any atom is 0.156 e. The molecule has 2 heteroatoms. The molecule has 2 fully saturated rings. The molecule has 22 heavy (non-hydrogen) atoms. The highest BCUT2D eigenvalue weighted by molar-refractivity contribution is 5.93. The van der Waals surface area contributed by atoms with Crippen LogP contribution in [0.1, 0.15) is 71.6 Å². The fourth-order valence-corrected chi connectivity index (χ4v) is 6.22. The Bertz CT molecular complexity index is 585. The lowest BCUT2D eigenvalue weighted by Crippen LogP contribution is -2.49. The van der Waals surface area contributed by atoms with Crippen LogP contribution in [0.4, 0.5) is 0 Å². The van der Waals surface area contributed by atoms with E-state index in [1.54, 1.807) is 5.57 Å². The predicted octanol–water partition coefficient (Wildman–Crippen LogP) is 4.33. The van der Waals surface area contributed by atoms with Crippen LogP contribution in [0.5, 0.6) is 0 Å². The molecule has 0 amide bonds. The van der Waals surface area contributed by atoms with E-state index in [4.69, 9.17) is 0 Å². The number of fused-ring (bicyclic) bond motifs is 4. The normalized spacial score (nSPS) is 44.3. The summed E-state index contributed by atoms with van der Waals surface area (Å²) in [6.45, 7) is 4.50. The van der Waals surface area contributed by atoms with E-state index in [0.29, 0.717) is 24.0 Å². The van der Waals surface area contributed by atoms with Crippen LogP contribution in [-0.2, 0) is 4.79 Å². The van der Waals surface area contributed by atoms with Crippen molar-refractivity contribution in [3.63, 3.8) is 0 Å². The standard InChI is InChI=1S/C20H28O2/c1-3-20(22)11-9-18-17-6-4-13-12-14(21)5-7-15(13)16(17)8-10-19(18,20)2/h12,17-18,22H,3-11H2,1-2H3. The number of rotatable bonds is 1. The summed E-state index contributed by atoms with van der Waals surface area (Å²) in [5.74, 6) is 1.63. The van der Waals surface area contributed by atoms with Crippen molar-refractivity contribution in [2.45, 2.75) is 77.2 Å². The number of hydrogen-bond acceptors (Lipinski definition) is 2. The van der Waals surface area contributed by atoms with Gasteiger partial charge in [0.1, 0.15) is 0 Å². The van der Waals surface area contributed by atoms with Crippen LogP contribution in [0.25, 0.3) is 0 Å². The average Bonchev–Trinajstić information content (AvgIpc) is 2.79. The van der Waals surface area contributed by atoms with Crippen LogP contribution in [0.15, 0.2) is 22.8 Å². The molecule has 4 aliphatic carbocycles. The second-order valence-electron chi connectivity index (χ2n) is 8.23. The number of allylic oxidation sites excluding steroid dienone is 4. The third-order valence-corrected chi connectivity index (χ3v) is 7.64. The lowest BCUT2D eigenvalue weighted by atomic mass is 9.54. The van der Waals surface area contributed by atoms with Crippen LogP contribution in [0, 0.1) is 17.3 Å². The van der Waals surface area contributed by atoms with Crippen molar-refractivity contribution in [3.8, 4) is 0 Å². The van der Waals surface area contributed by atoms with Gasteiger partial charge in [0.05, 0.1) is 5.60 Å². The van der Waals surface area contributed by atoms with E-state index in [1.165, 1.54) is 24.0 Å². The van der Waals surface area contributed by atoms with Gasteiger partial charge in [0, 0.05) is 6.42 Å². The van der Waals surface area contributed by atoms with Gasteiger partial charge in [-0.2, -0.15) is 0 Å². The second-order valence-corrected chi connectivity index (χ2v) is 8.23. The highest BCUT2D eigenvalue weighted by Crippen LogP contribution is 2.64. The van der Waals surface area contributed by atoms with E-state index in [-0.39, 0.29) is 5.41 Å². The molecule has 4 aliphatic rings. The van der Waals surface area contributed by atoms with Crippen molar-refractivity contribution in [1.29, 1.82) is 0 Å². The fraction of sp³-hybridized carbons (Fsp3) is 0.750. The Morgan fingerprint density at radius 3 is 2.77 bits per heavy atom. The van der Waals surface area contributed by atoms with E-state index in [1.807, 2.05) is 6.08 Å². The topological polar surface area (TPSA) is 37.3 Å². The summed E-state index contributed by atoms with van der Waals surface area (Å²) in [6, 6.07) is 0. The van der Waals surface area contributed by atoms with Gasteiger partial charge in [0.25, 0.3) is 0 Å². The average molecular weight is 300 g/mol. The number of carbonyl (C=O) groups excluding carboxylic acids is 1. The Morgan fingerprint density at radius 2 is 2.00 bits per heavy atom. The zero-order valence-electron chi connectivity index (χ0n) is 14.0. The van der Waals surface area contributed by atoms with Gasteiger partial charge in [-0.3, -0.25) is 4.79 Å². The van der Waals surface area contributed by atoms with Gasteiger partial charge in [-0.05, 0) is 85.8 Å². The first-order valence-corrected chi connectivity index (χ1v) is 9.16. The summed E-state index contributed by atoms with van der Waals surface area (Å²) in [4.78, 5) is 11.7. The third-order valence-electron chi connectivity index (χ3n) is 7.64. The summed E-state index contributed by atoms with van der Waals surface area (Å²) >= 11 is 0. The first-order chi connectivity index (χ1) is 10.5. The Balaban J connectivity index is 1.73. The maximum absolute atomic E-state index is 11.7. The molecule has 0 aromatic rings. The molecule has 0 bridgehead atoms. The van der Waals surface area contributed by atoms with Crippen LogP contribution in [0.3, 0.4) is 0 Å². The van der Waals surface area contributed by atoms with Crippen molar-refractivity contribution in [2.75, 3.05) is 0 Å². The zero-order chi connectivity index (χ0) is 15.5. The Morgan fingerprint density at radius 1 is 1.18 bits per heavy atom.